The van der Waals surface area contributed by atoms with Gasteiger partial charge in [-0.05, 0) is 37.1 Å². The summed E-state index contributed by atoms with van der Waals surface area (Å²) in [7, 11) is 0. The number of likely N-dealkylation sites (tertiary alicyclic amines) is 1. The summed E-state index contributed by atoms with van der Waals surface area (Å²) in [6.07, 6.45) is 6.72. The molecule has 3 aromatic heterocycles. The van der Waals surface area contributed by atoms with E-state index in [2.05, 4.69) is 15.0 Å². The molecule has 0 radical (unpaired) electrons. The van der Waals surface area contributed by atoms with Gasteiger partial charge in [0, 0.05) is 37.6 Å². The fourth-order valence-electron chi connectivity index (χ4n) is 4.13. The Bertz CT molecular complexity index is 1190. The summed E-state index contributed by atoms with van der Waals surface area (Å²) in [6, 6.07) is 15.2. The minimum absolute atomic E-state index is 0.0164. The maximum atomic E-state index is 12.7. The van der Waals surface area contributed by atoms with Gasteiger partial charge in [0.2, 0.25) is 0 Å². The van der Waals surface area contributed by atoms with Crippen LogP contribution in [0.3, 0.4) is 0 Å². The molecule has 8 nitrogen and oxygen atoms in total. The second kappa shape index (κ2) is 9.13. The number of hydrogen-bond acceptors (Lipinski definition) is 6. The molecule has 1 aliphatic heterocycles. The van der Waals surface area contributed by atoms with E-state index in [1.807, 2.05) is 52.0 Å². The molecule has 32 heavy (non-hydrogen) atoms. The quantitative estimate of drug-likeness (QED) is 0.468. The van der Waals surface area contributed by atoms with Crippen LogP contribution in [-0.2, 0) is 6.54 Å². The van der Waals surface area contributed by atoms with Gasteiger partial charge < -0.3 is 9.64 Å². The van der Waals surface area contributed by atoms with Crippen molar-refractivity contribution in [1.82, 2.24) is 29.6 Å². The van der Waals surface area contributed by atoms with Crippen LogP contribution >= 0.6 is 0 Å². The smallest absolute Gasteiger partial charge is 0.272 e. The first-order valence-electron chi connectivity index (χ1n) is 10.8. The SMILES string of the molecule is O=C(c1ccccn1)N1CCC(c2nn(CCOc3ccccc3)c3nccnc23)CC1. The Kier molecular flexibility index (Phi) is 5.74. The third-order valence-electron chi connectivity index (χ3n) is 5.76. The van der Waals surface area contributed by atoms with E-state index in [1.165, 1.54) is 0 Å². The molecule has 4 aromatic rings. The van der Waals surface area contributed by atoms with Gasteiger partial charge in [0.05, 0.1) is 12.2 Å². The summed E-state index contributed by atoms with van der Waals surface area (Å²) in [5.41, 5.74) is 3.05. The number of hydrogen-bond donors (Lipinski definition) is 0. The van der Waals surface area contributed by atoms with Gasteiger partial charge in [0.1, 0.15) is 23.6 Å². The summed E-state index contributed by atoms with van der Waals surface area (Å²) in [5.74, 6) is 1.05. The van der Waals surface area contributed by atoms with Crippen molar-refractivity contribution in [2.45, 2.75) is 25.3 Å². The highest BCUT2D eigenvalue weighted by Gasteiger charge is 2.29. The molecule has 0 N–H and O–H groups in total. The number of fused-ring (bicyclic) bond motifs is 1. The van der Waals surface area contributed by atoms with E-state index in [-0.39, 0.29) is 11.8 Å². The van der Waals surface area contributed by atoms with Crippen molar-refractivity contribution in [1.29, 1.82) is 0 Å². The largest absolute Gasteiger partial charge is 0.492 e. The topological polar surface area (TPSA) is 86.0 Å². The number of rotatable bonds is 6. The Morgan fingerprint density at radius 1 is 0.938 bits per heavy atom. The van der Waals surface area contributed by atoms with Crippen LogP contribution in [0.15, 0.2) is 67.1 Å². The van der Waals surface area contributed by atoms with Gasteiger partial charge in [-0.25, -0.2) is 14.6 Å². The molecule has 0 unspecified atom stereocenters. The average Bonchev–Trinajstić information content (AvgIpc) is 3.24. The van der Waals surface area contributed by atoms with Gasteiger partial charge in [-0.15, -0.1) is 0 Å². The summed E-state index contributed by atoms with van der Waals surface area (Å²) in [4.78, 5) is 27.8. The predicted molar refractivity (Wildman–Crippen MR) is 119 cm³/mol. The Hall–Kier alpha value is -3.81. The maximum Gasteiger partial charge on any atom is 0.272 e. The number of aromatic nitrogens is 5. The standard InChI is InChI=1S/C24H24N6O2/c31-24(20-8-4-5-11-25-20)29-14-9-18(10-15-29)21-22-23(27-13-12-26-22)30(28-21)16-17-32-19-6-2-1-3-7-19/h1-8,11-13,18H,9-10,14-17H2. The number of pyridine rings is 1. The van der Waals surface area contributed by atoms with Gasteiger partial charge in [-0.2, -0.15) is 5.10 Å². The Morgan fingerprint density at radius 3 is 2.50 bits per heavy atom. The summed E-state index contributed by atoms with van der Waals surface area (Å²) in [5, 5.41) is 4.87. The number of ether oxygens (including phenoxy) is 1. The van der Waals surface area contributed by atoms with E-state index in [9.17, 15) is 4.79 Å². The number of benzene rings is 1. The highest BCUT2D eigenvalue weighted by molar-refractivity contribution is 5.92. The molecule has 0 spiro atoms. The molecule has 1 amide bonds. The van der Waals surface area contributed by atoms with Crippen molar-refractivity contribution in [3.05, 3.63) is 78.5 Å². The summed E-state index contributed by atoms with van der Waals surface area (Å²) < 4.78 is 7.72. The van der Waals surface area contributed by atoms with Crippen molar-refractivity contribution in [3.63, 3.8) is 0 Å². The van der Waals surface area contributed by atoms with Crippen molar-refractivity contribution in [2.24, 2.45) is 0 Å². The van der Waals surface area contributed by atoms with Gasteiger partial charge in [-0.3, -0.25) is 9.78 Å². The van der Waals surface area contributed by atoms with E-state index in [4.69, 9.17) is 9.84 Å². The molecule has 5 rings (SSSR count). The van der Waals surface area contributed by atoms with Crippen LogP contribution in [0.2, 0.25) is 0 Å². The summed E-state index contributed by atoms with van der Waals surface area (Å²) >= 11 is 0. The van der Waals surface area contributed by atoms with Crippen LogP contribution in [-0.4, -0.2) is 55.2 Å². The number of carbonyl (C=O) groups excluding carboxylic acids is 1. The molecule has 8 heteroatoms. The Morgan fingerprint density at radius 2 is 1.72 bits per heavy atom. The molecule has 0 atom stereocenters. The summed E-state index contributed by atoms with van der Waals surface area (Å²) in [6.45, 7) is 2.42. The lowest BCUT2D eigenvalue weighted by Crippen LogP contribution is -2.38. The monoisotopic (exact) mass is 428 g/mol. The van der Waals surface area contributed by atoms with Crippen LogP contribution in [0.25, 0.3) is 11.2 Å². The van der Waals surface area contributed by atoms with Crippen molar-refractivity contribution in [3.8, 4) is 5.75 Å². The lowest BCUT2D eigenvalue weighted by molar-refractivity contribution is 0.0706. The number of amides is 1. The van der Waals surface area contributed by atoms with E-state index in [0.717, 1.165) is 35.4 Å². The highest BCUT2D eigenvalue weighted by Crippen LogP contribution is 2.31. The Labute approximate surface area is 185 Å². The molecule has 0 bridgehead atoms. The minimum atomic E-state index is -0.0164. The van der Waals surface area contributed by atoms with E-state index >= 15 is 0 Å². The van der Waals surface area contributed by atoms with Gasteiger partial charge in [-0.1, -0.05) is 24.3 Å². The van der Waals surface area contributed by atoms with E-state index < -0.39 is 0 Å². The molecule has 162 valence electrons. The van der Waals surface area contributed by atoms with Crippen molar-refractivity contribution >= 4 is 17.1 Å². The first-order valence-corrected chi connectivity index (χ1v) is 10.8. The number of para-hydroxylation sites is 1. The van der Waals surface area contributed by atoms with Crippen molar-refractivity contribution < 1.29 is 9.53 Å². The molecule has 1 aromatic carbocycles. The number of carbonyl (C=O) groups is 1. The maximum absolute atomic E-state index is 12.7. The van der Waals surface area contributed by atoms with E-state index in [0.29, 0.717) is 31.9 Å². The molecule has 0 aliphatic carbocycles. The molecule has 1 saturated heterocycles. The Balaban J connectivity index is 1.28. The first-order chi connectivity index (χ1) is 15.8. The van der Waals surface area contributed by atoms with Crippen LogP contribution < -0.4 is 4.74 Å². The first kappa shape index (κ1) is 20.1. The van der Waals surface area contributed by atoms with Gasteiger partial charge in [0.25, 0.3) is 5.91 Å². The molecule has 0 saturated carbocycles. The molecule has 1 aliphatic rings. The molecular formula is C24H24N6O2. The van der Waals surface area contributed by atoms with Crippen LogP contribution in [0.1, 0.15) is 34.9 Å². The minimum Gasteiger partial charge on any atom is -0.492 e. The third kappa shape index (κ3) is 4.16. The highest BCUT2D eigenvalue weighted by atomic mass is 16.5. The fraction of sp³-hybridized carbons (Fsp3) is 0.292. The second-order valence-electron chi connectivity index (χ2n) is 7.78. The zero-order chi connectivity index (χ0) is 21.8. The fourth-order valence-corrected chi connectivity index (χ4v) is 4.13. The van der Waals surface area contributed by atoms with Crippen LogP contribution in [0.5, 0.6) is 5.75 Å². The second-order valence-corrected chi connectivity index (χ2v) is 7.78. The van der Waals surface area contributed by atoms with Crippen LogP contribution in [0.4, 0.5) is 0 Å². The molecular weight excluding hydrogens is 404 g/mol. The van der Waals surface area contributed by atoms with Crippen LogP contribution in [0, 0.1) is 0 Å². The number of nitrogens with zero attached hydrogens (tertiary/aromatic N) is 6. The average molecular weight is 428 g/mol. The van der Waals surface area contributed by atoms with Crippen molar-refractivity contribution in [2.75, 3.05) is 19.7 Å². The lowest BCUT2D eigenvalue weighted by atomic mass is 9.93. The lowest BCUT2D eigenvalue weighted by Gasteiger charge is -2.31. The number of piperidine rings is 1. The zero-order valence-electron chi connectivity index (χ0n) is 17.7. The van der Waals surface area contributed by atoms with Gasteiger partial charge in [0.15, 0.2) is 5.65 Å². The van der Waals surface area contributed by atoms with Gasteiger partial charge >= 0.3 is 0 Å². The third-order valence-corrected chi connectivity index (χ3v) is 5.76. The normalized spacial score (nSPS) is 14.6. The predicted octanol–water partition coefficient (Wildman–Crippen LogP) is 3.32. The molecule has 1 fully saturated rings. The molecule has 4 heterocycles. The van der Waals surface area contributed by atoms with E-state index in [1.54, 1.807) is 24.7 Å². The zero-order valence-corrected chi connectivity index (χ0v) is 17.7.